The molecule has 0 aliphatic carbocycles. The van der Waals surface area contributed by atoms with Crippen LogP contribution in [-0.2, 0) is 0 Å². The average molecular weight is 284 g/mol. The molecule has 4 heteroatoms. The van der Waals surface area contributed by atoms with E-state index in [0.29, 0.717) is 5.69 Å². The number of carboxylic acid groups (broad SMARTS) is 1. The smallest absolute Gasteiger partial charge is 0.339 e. The molecule has 21 heavy (non-hydrogen) atoms. The molecule has 0 fully saturated rings. The van der Waals surface area contributed by atoms with Gasteiger partial charge in [0.1, 0.15) is 5.56 Å². The number of anilines is 2. The van der Waals surface area contributed by atoms with Crippen molar-refractivity contribution in [1.82, 2.24) is 4.98 Å². The third-order valence-corrected chi connectivity index (χ3v) is 3.34. The summed E-state index contributed by atoms with van der Waals surface area (Å²) in [5.74, 6) is -0.949. The van der Waals surface area contributed by atoms with E-state index in [2.05, 4.69) is 16.8 Å². The molecule has 0 atom stereocenters. The zero-order valence-electron chi connectivity index (χ0n) is 12.4. The second-order valence-corrected chi connectivity index (χ2v) is 4.99. The molecule has 1 N–H and O–H groups in total. The van der Waals surface area contributed by atoms with E-state index in [-0.39, 0.29) is 5.56 Å². The van der Waals surface area contributed by atoms with Crippen molar-refractivity contribution in [3.05, 3.63) is 53.9 Å². The molecule has 4 nitrogen and oxygen atoms in total. The highest BCUT2D eigenvalue weighted by Crippen LogP contribution is 2.29. The molecule has 1 aromatic carbocycles. The fourth-order valence-corrected chi connectivity index (χ4v) is 2.25. The summed E-state index contributed by atoms with van der Waals surface area (Å²) in [4.78, 5) is 17.6. The summed E-state index contributed by atoms with van der Waals surface area (Å²) in [5, 5.41) is 9.41. The first-order valence-corrected chi connectivity index (χ1v) is 7.16. The summed E-state index contributed by atoms with van der Waals surface area (Å²) in [7, 11) is 0. The molecule has 0 spiro atoms. The Morgan fingerprint density at radius 2 is 2.00 bits per heavy atom. The highest BCUT2D eigenvalue weighted by Gasteiger charge is 2.18. The van der Waals surface area contributed by atoms with Crippen LogP contribution in [0.25, 0.3) is 0 Å². The number of aryl methyl sites for hydroxylation is 1. The van der Waals surface area contributed by atoms with Crippen molar-refractivity contribution in [3.8, 4) is 0 Å². The molecular formula is C17H20N2O2. The maximum absolute atomic E-state index is 11.5. The SMILES string of the molecule is CCCCN(c1ccccc1)c1cc(C)ncc1C(=O)O. The van der Waals surface area contributed by atoms with Crippen LogP contribution in [0, 0.1) is 6.92 Å². The normalized spacial score (nSPS) is 10.4. The van der Waals surface area contributed by atoms with Gasteiger partial charge in [-0.15, -0.1) is 0 Å². The van der Waals surface area contributed by atoms with Gasteiger partial charge < -0.3 is 10.0 Å². The van der Waals surface area contributed by atoms with Crippen LogP contribution in [0.4, 0.5) is 11.4 Å². The number of hydrogen-bond donors (Lipinski definition) is 1. The quantitative estimate of drug-likeness (QED) is 0.870. The van der Waals surface area contributed by atoms with Crippen molar-refractivity contribution in [3.63, 3.8) is 0 Å². The summed E-state index contributed by atoms with van der Waals surface area (Å²) < 4.78 is 0. The first kappa shape index (κ1) is 15.0. The lowest BCUT2D eigenvalue weighted by Crippen LogP contribution is -2.21. The Kier molecular flexibility index (Phi) is 4.93. The average Bonchev–Trinajstić information content (AvgIpc) is 2.48. The number of pyridine rings is 1. The lowest BCUT2D eigenvalue weighted by molar-refractivity contribution is 0.0697. The van der Waals surface area contributed by atoms with E-state index < -0.39 is 5.97 Å². The fraction of sp³-hybridized carbons (Fsp3) is 0.294. The molecule has 0 unspecified atom stereocenters. The minimum Gasteiger partial charge on any atom is -0.478 e. The molecule has 1 aromatic heterocycles. The first-order valence-electron chi connectivity index (χ1n) is 7.16. The molecule has 0 amide bonds. The zero-order valence-corrected chi connectivity index (χ0v) is 12.4. The monoisotopic (exact) mass is 284 g/mol. The minimum atomic E-state index is -0.949. The van der Waals surface area contributed by atoms with Gasteiger partial charge >= 0.3 is 5.97 Å². The number of aromatic carboxylic acids is 1. The highest BCUT2D eigenvalue weighted by atomic mass is 16.4. The van der Waals surface area contributed by atoms with Gasteiger partial charge in [-0.1, -0.05) is 31.5 Å². The topological polar surface area (TPSA) is 53.4 Å². The van der Waals surface area contributed by atoms with Crippen molar-refractivity contribution in [2.45, 2.75) is 26.7 Å². The van der Waals surface area contributed by atoms with Gasteiger partial charge in [0.15, 0.2) is 0 Å². The molecule has 0 radical (unpaired) electrons. The van der Waals surface area contributed by atoms with Gasteiger partial charge in [-0.05, 0) is 31.5 Å². The maximum Gasteiger partial charge on any atom is 0.339 e. The summed E-state index contributed by atoms with van der Waals surface area (Å²) in [6.45, 7) is 4.78. The molecule has 2 rings (SSSR count). The van der Waals surface area contributed by atoms with Crippen LogP contribution in [0.1, 0.15) is 35.8 Å². The number of carboxylic acids is 1. The number of aromatic nitrogens is 1. The molecule has 0 saturated heterocycles. The summed E-state index contributed by atoms with van der Waals surface area (Å²) in [6.07, 6.45) is 3.49. The third kappa shape index (κ3) is 3.60. The Hall–Kier alpha value is -2.36. The number of carbonyl (C=O) groups is 1. The third-order valence-electron chi connectivity index (χ3n) is 3.34. The Morgan fingerprint density at radius 3 is 2.62 bits per heavy atom. The van der Waals surface area contributed by atoms with Crippen LogP contribution < -0.4 is 4.90 Å². The van der Waals surface area contributed by atoms with Gasteiger partial charge in [-0.3, -0.25) is 4.98 Å². The van der Waals surface area contributed by atoms with Crippen molar-refractivity contribution in [2.75, 3.05) is 11.4 Å². The van der Waals surface area contributed by atoms with Crippen LogP contribution in [-0.4, -0.2) is 22.6 Å². The van der Waals surface area contributed by atoms with Gasteiger partial charge in [0.25, 0.3) is 0 Å². The Labute approximate surface area is 125 Å². The first-order chi connectivity index (χ1) is 10.1. The number of unbranched alkanes of at least 4 members (excludes halogenated alkanes) is 1. The summed E-state index contributed by atoms with van der Waals surface area (Å²) in [5.41, 5.74) is 2.75. The van der Waals surface area contributed by atoms with Gasteiger partial charge in [-0.25, -0.2) is 4.79 Å². The standard InChI is InChI=1S/C17H20N2O2/c1-3-4-10-19(14-8-6-5-7-9-14)16-11-13(2)18-12-15(16)17(20)21/h5-9,11-12H,3-4,10H2,1-2H3,(H,20,21). The summed E-state index contributed by atoms with van der Waals surface area (Å²) >= 11 is 0. The van der Waals surface area contributed by atoms with E-state index in [1.54, 1.807) is 0 Å². The molecule has 2 aromatic rings. The van der Waals surface area contributed by atoms with Crippen LogP contribution in [0.5, 0.6) is 0 Å². The minimum absolute atomic E-state index is 0.237. The Morgan fingerprint density at radius 1 is 1.29 bits per heavy atom. The van der Waals surface area contributed by atoms with Crippen LogP contribution in [0.2, 0.25) is 0 Å². The van der Waals surface area contributed by atoms with Gasteiger partial charge in [0, 0.05) is 24.1 Å². The van der Waals surface area contributed by atoms with E-state index in [1.165, 1.54) is 6.20 Å². The van der Waals surface area contributed by atoms with E-state index in [0.717, 1.165) is 30.8 Å². The van der Waals surface area contributed by atoms with Crippen LogP contribution >= 0.6 is 0 Å². The lowest BCUT2D eigenvalue weighted by atomic mass is 10.1. The highest BCUT2D eigenvalue weighted by molar-refractivity contribution is 5.95. The number of hydrogen-bond acceptors (Lipinski definition) is 3. The van der Waals surface area contributed by atoms with E-state index >= 15 is 0 Å². The second kappa shape index (κ2) is 6.88. The predicted molar refractivity (Wildman–Crippen MR) is 84.3 cm³/mol. The number of para-hydroxylation sites is 1. The Balaban J connectivity index is 2.50. The lowest BCUT2D eigenvalue weighted by Gasteiger charge is -2.26. The van der Waals surface area contributed by atoms with Gasteiger partial charge in [0.2, 0.25) is 0 Å². The number of nitrogens with zero attached hydrogens (tertiary/aromatic N) is 2. The van der Waals surface area contributed by atoms with E-state index in [9.17, 15) is 9.90 Å². The Bertz CT molecular complexity index is 611. The predicted octanol–water partition coefficient (Wildman–Crippen LogP) is 4.03. The molecule has 0 saturated carbocycles. The molecule has 1 heterocycles. The van der Waals surface area contributed by atoms with Crippen molar-refractivity contribution >= 4 is 17.3 Å². The molecule has 110 valence electrons. The van der Waals surface area contributed by atoms with Crippen molar-refractivity contribution < 1.29 is 9.90 Å². The largest absolute Gasteiger partial charge is 0.478 e. The molecule has 0 bridgehead atoms. The van der Waals surface area contributed by atoms with E-state index in [1.807, 2.05) is 43.3 Å². The van der Waals surface area contributed by atoms with Crippen molar-refractivity contribution in [2.24, 2.45) is 0 Å². The van der Waals surface area contributed by atoms with Crippen LogP contribution in [0.15, 0.2) is 42.6 Å². The van der Waals surface area contributed by atoms with Gasteiger partial charge in [0.05, 0.1) is 5.69 Å². The van der Waals surface area contributed by atoms with Gasteiger partial charge in [-0.2, -0.15) is 0 Å². The molecule has 0 aliphatic rings. The van der Waals surface area contributed by atoms with E-state index in [4.69, 9.17) is 0 Å². The zero-order chi connectivity index (χ0) is 15.2. The van der Waals surface area contributed by atoms with Crippen molar-refractivity contribution in [1.29, 1.82) is 0 Å². The summed E-state index contributed by atoms with van der Waals surface area (Å²) in [6, 6.07) is 11.7. The number of benzene rings is 1. The number of rotatable bonds is 6. The molecular weight excluding hydrogens is 264 g/mol. The fourth-order valence-electron chi connectivity index (χ4n) is 2.25. The maximum atomic E-state index is 11.5. The second-order valence-electron chi connectivity index (χ2n) is 4.99. The van der Waals surface area contributed by atoms with Crippen LogP contribution in [0.3, 0.4) is 0 Å². The molecule has 0 aliphatic heterocycles.